The number of ether oxygens (including phenoxy) is 2. The molecule has 206 valence electrons. The van der Waals surface area contributed by atoms with E-state index in [1.165, 1.54) is 25.0 Å². The van der Waals surface area contributed by atoms with Crippen molar-refractivity contribution < 1.29 is 18.7 Å². The molecule has 0 spiro atoms. The summed E-state index contributed by atoms with van der Waals surface area (Å²) in [5.41, 5.74) is 2.84. The first-order valence-corrected chi connectivity index (χ1v) is 13.5. The average molecular weight is 543 g/mol. The summed E-state index contributed by atoms with van der Waals surface area (Å²) in [6, 6.07) is 17.1. The molecule has 0 bridgehead atoms. The second-order valence-corrected chi connectivity index (χ2v) is 10.8. The molecule has 1 aliphatic carbocycles. The molecular formula is C30H31FN6O3. The van der Waals surface area contributed by atoms with Gasteiger partial charge >= 0.3 is 0 Å². The number of nitrogens with one attached hydrogen (secondary N) is 3. The average Bonchev–Trinajstić information content (AvgIpc) is 3.72. The minimum absolute atomic E-state index is 0.139. The Labute approximate surface area is 231 Å². The molecule has 4 aromatic rings. The number of aromatic nitrogens is 4. The first-order valence-electron chi connectivity index (χ1n) is 13.5. The van der Waals surface area contributed by atoms with Crippen LogP contribution in [-0.4, -0.2) is 52.1 Å². The Balaban J connectivity index is 1.19. The van der Waals surface area contributed by atoms with Crippen LogP contribution in [0, 0.1) is 17.2 Å². The molecule has 40 heavy (non-hydrogen) atoms. The third-order valence-corrected chi connectivity index (χ3v) is 7.10. The van der Waals surface area contributed by atoms with E-state index in [9.17, 15) is 9.18 Å². The van der Waals surface area contributed by atoms with Gasteiger partial charge in [-0.2, -0.15) is 0 Å². The van der Waals surface area contributed by atoms with E-state index >= 15 is 0 Å². The predicted molar refractivity (Wildman–Crippen MR) is 148 cm³/mol. The number of nitrogens with zero attached hydrogens (tertiary/aromatic N) is 3. The third-order valence-electron chi connectivity index (χ3n) is 7.10. The van der Waals surface area contributed by atoms with Gasteiger partial charge in [0.15, 0.2) is 5.82 Å². The van der Waals surface area contributed by atoms with Crippen LogP contribution in [0.1, 0.15) is 42.2 Å². The van der Waals surface area contributed by atoms with Gasteiger partial charge in [0.25, 0.3) is 5.91 Å². The molecule has 2 aromatic carbocycles. The van der Waals surface area contributed by atoms with Crippen LogP contribution in [0.15, 0.2) is 66.9 Å². The van der Waals surface area contributed by atoms with Crippen molar-refractivity contribution in [1.82, 2.24) is 25.3 Å². The molecule has 0 unspecified atom stereocenters. The van der Waals surface area contributed by atoms with Crippen molar-refractivity contribution in [3.8, 4) is 22.6 Å². The zero-order chi connectivity index (χ0) is 27.5. The van der Waals surface area contributed by atoms with Gasteiger partial charge in [-0.25, -0.2) is 19.3 Å². The number of H-pyrrole nitrogens is 1. The lowest BCUT2D eigenvalue weighted by Gasteiger charge is -2.36. The van der Waals surface area contributed by atoms with Crippen LogP contribution in [0.2, 0.25) is 0 Å². The number of carbonyl (C=O) groups excluding carboxylic acids is 1. The number of hydrogen-bond donors (Lipinski definition) is 3. The van der Waals surface area contributed by atoms with E-state index < -0.39 is 11.7 Å². The fourth-order valence-corrected chi connectivity index (χ4v) is 4.53. The summed E-state index contributed by atoms with van der Waals surface area (Å²) in [7, 11) is 0. The van der Waals surface area contributed by atoms with Crippen molar-refractivity contribution in [3.63, 3.8) is 0 Å². The number of amides is 1. The van der Waals surface area contributed by atoms with Crippen molar-refractivity contribution in [2.24, 2.45) is 11.3 Å². The van der Waals surface area contributed by atoms with Crippen LogP contribution < -0.4 is 10.6 Å². The van der Waals surface area contributed by atoms with E-state index in [-0.39, 0.29) is 11.7 Å². The van der Waals surface area contributed by atoms with Crippen LogP contribution >= 0.6 is 0 Å². The van der Waals surface area contributed by atoms with Gasteiger partial charge in [-0.3, -0.25) is 4.79 Å². The fourth-order valence-electron chi connectivity index (χ4n) is 4.53. The lowest BCUT2D eigenvalue weighted by atomic mass is 9.92. The van der Waals surface area contributed by atoms with Crippen LogP contribution in [0.3, 0.4) is 0 Å². The van der Waals surface area contributed by atoms with E-state index in [1.54, 1.807) is 30.5 Å². The molecule has 9 nitrogen and oxygen atoms in total. The molecule has 2 fully saturated rings. The minimum Gasteiger partial charge on any atom is -0.354 e. The molecule has 3 heterocycles. The number of carbonyl (C=O) groups is 1. The summed E-state index contributed by atoms with van der Waals surface area (Å²) in [5.74, 6) is 1.24. The number of anilines is 1. The smallest absolute Gasteiger partial charge is 0.251 e. The lowest BCUT2D eigenvalue weighted by molar-refractivity contribution is -0.231. The topological polar surface area (TPSA) is 114 Å². The van der Waals surface area contributed by atoms with Gasteiger partial charge < -0.3 is 25.1 Å². The van der Waals surface area contributed by atoms with E-state index in [4.69, 9.17) is 19.4 Å². The number of rotatable bonds is 9. The summed E-state index contributed by atoms with van der Waals surface area (Å²) >= 11 is 0. The maximum absolute atomic E-state index is 13.7. The highest BCUT2D eigenvalue weighted by Crippen LogP contribution is 2.35. The summed E-state index contributed by atoms with van der Waals surface area (Å²) in [4.78, 5) is 29.7. The van der Waals surface area contributed by atoms with Gasteiger partial charge in [0, 0.05) is 35.8 Å². The lowest BCUT2D eigenvalue weighted by Crippen LogP contribution is -2.45. The standard InChI is InChI=1S/C30H31FN6O3/c1-30(16-34-27(38)21-5-3-2-4-6-21)17-39-28(40-18-30)26-36-24(20-9-11-22(31)12-10-20)25(37-26)23-13-14-32-29(35-23)33-15-19-7-8-19/h2-6,9-14,19,28H,7-8,15-18H2,1H3,(H,34,38)(H,36,37)(H,32,33,35). The maximum atomic E-state index is 13.7. The predicted octanol–water partition coefficient (Wildman–Crippen LogP) is 4.98. The number of hydrogen-bond acceptors (Lipinski definition) is 7. The van der Waals surface area contributed by atoms with Crippen molar-refractivity contribution in [2.45, 2.75) is 26.1 Å². The van der Waals surface area contributed by atoms with Gasteiger partial charge in [0.1, 0.15) is 5.82 Å². The molecule has 2 aliphatic rings. The SMILES string of the molecule is CC1(CNC(=O)c2ccccc2)COC(c2nc(-c3ccc(F)cc3)c(-c3ccnc(NCC4CC4)n3)[nH]2)OC1. The van der Waals surface area contributed by atoms with Crippen molar-refractivity contribution in [3.05, 3.63) is 84.1 Å². The Morgan fingerprint density at radius 3 is 2.52 bits per heavy atom. The Kier molecular flexibility index (Phi) is 7.27. The molecule has 0 atom stereocenters. The zero-order valence-electron chi connectivity index (χ0n) is 22.2. The van der Waals surface area contributed by atoms with Crippen molar-refractivity contribution >= 4 is 11.9 Å². The van der Waals surface area contributed by atoms with E-state index in [2.05, 4.69) is 20.6 Å². The maximum Gasteiger partial charge on any atom is 0.251 e. The normalized spacial score (nSPS) is 20.7. The quantitative estimate of drug-likeness (QED) is 0.273. The Hall–Kier alpha value is -4.15. The van der Waals surface area contributed by atoms with Crippen LogP contribution in [0.5, 0.6) is 0 Å². The summed E-state index contributed by atoms with van der Waals surface area (Å²) in [6.07, 6.45) is 3.42. The number of halogens is 1. The first kappa shape index (κ1) is 26.1. The monoisotopic (exact) mass is 542 g/mol. The molecular weight excluding hydrogens is 511 g/mol. The molecule has 1 saturated heterocycles. The fraction of sp³-hybridized carbons (Fsp3) is 0.333. The molecule has 6 rings (SSSR count). The highest BCUT2D eigenvalue weighted by Gasteiger charge is 2.35. The number of benzene rings is 2. The van der Waals surface area contributed by atoms with E-state index in [1.807, 2.05) is 31.2 Å². The first-order chi connectivity index (χ1) is 19.5. The third kappa shape index (κ3) is 6.03. The van der Waals surface area contributed by atoms with Crippen molar-refractivity contribution in [1.29, 1.82) is 0 Å². The largest absolute Gasteiger partial charge is 0.354 e. The van der Waals surface area contributed by atoms with Gasteiger partial charge in [0.2, 0.25) is 12.2 Å². The Morgan fingerprint density at radius 1 is 1.05 bits per heavy atom. The van der Waals surface area contributed by atoms with Gasteiger partial charge in [-0.15, -0.1) is 0 Å². The molecule has 1 saturated carbocycles. The van der Waals surface area contributed by atoms with Crippen LogP contribution in [0.25, 0.3) is 22.6 Å². The highest BCUT2D eigenvalue weighted by atomic mass is 19.1. The molecule has 10 heteroatoms. The summed E-state index contributed by atoms with van der Waals surface area (Å²) in [6.45, 7) is 3.96. The molecule has 2 aromatic heterocycles. The molecule has 1 aliphatic heterocycles. The van der Waals surface area contributed by atoms with Gasteiger partial charge in [-0.1, -0.05) is 25.1 Å². The second-order valence-electron chi connectivity index (χ2n) is 10.8. The molecule has 0 radical (unpaired) electrons. The molecule has 1 amide bonds. The van der Waals surface area contributed by atoms with Gasteiger partial charge in [0.05, 0.1) is 30.3 Å². The van der Waals surface area contributed by atoms with Crippen LogP contribution in [0.4, 0.5) is 10.3 Å². The second kappa shape index (κ2) is 11.1. The molecule has 3 N–H and O–H groups in total. The summed E-state index contributed by atoms with van der Waals surface area (Å²) < 4.78 is 25.9. The summed E-state index contributed by atoms with van der Waals surface area (Å²) in [5, 5.41) is 6.29. The number of imidazole rings is 1. The number of aromatic amines is 1. The Morgan fingerprint density at radius 2 is 1.80 bits per heavy atom. The van der Waals surface area contributed by atoms with E-state index in [0.717, 1.165) is 12.1 Å². The zero-order valence-corrected chi connectivity index (χ0v) is 22.2. The highest BCUT2D eigenvalue weighted by molar-refractivity contribution is 5.94. The van der Waals surface area contributed by atoms with Crippen LogP contribution in [-0.2, 0) is 9.47 Å². The minimum atomic E-state index is -0.736. The van der Waals surface area contributed by atoms with Gasteiger partial charge in [-0.05, 0) is 61.2 Å². The van der Waals surface area contributed by atoms with E-state index in [0.29, 0.717) is 60.1 Å². The Bertz CT molecular complexity index is 1460. The van der Waals surface area contributed by atoms with Crippen molar-refractivity contribution in [2.75, 3.05) is 31.6 Å².